The number of amides is 2. The van der Waals surface area contributed by atoms with Gasteiger partial charge in [-0.1, -0.05) is 35.3 Å². The number of hydrogen-bond donors (Lipinski definition) is 2. The summed E-state index contributed by atoms with van der Waals surface area (Å²) in [5.41, 5.74) is 2.83. The fourth-order valence-corrected chi connectivity index (χ4v) is 4.15. The molecule has 10 heteroatoms. The Balaban J connectivity index is 1.41. The lowest BCUT2D eigenvalue weighted by atomic mass is 10.00. The third kappa shape index (κ3) is 3.54. The number of fused-ring (bicyclic) bond motifs is 2. The monoisotopic (exact) mass is 455 g/mol. The van der Waals surface area contributed by atoms with Crippen LogP contribution in [0.2, 0.25) is 10.0 Å². The maximum absolute atomic E-state index is 13.0. The van der Waals surface area contributed by atoms with Crippen LogP contribution in [0.4, 0.5) is 17.3 Å². The van der Waals surface area contributed by atoms with Gasteiger partial charge in [0.25, 0.3) is 11.8 Å². The lowest BCUT2D eigenvalue weighted by Crippen LogP contribution is -2.39. The predicted molar refractivity (Wildman–Crippen MR) is 117 cm³/mol. The van der Waals surface area contributed by atoms with E-state index in [-0.39, 0.29) is 35.9 Å². The van der Waals surface area contributed by atoms with E-state index in [1.165, 1.54) is 11.1 Å². The number of ether oxygens (including phenoxy) is 1. The third-order valence-corrected chi connectivity index (χ3v) is 5.67. The molecule has 8 nitrogen and oxygen atoms in total. The molecule has 0 atom stereocenters. The van der Waals surface area contributed by atoms with Crippen molar-refractivity contribution in [1.82, 2.24) is 15.3 Å². The van der Waals surface area contributed by atoms with E-state index in [4.69, 9.17) is 27.9 Å². The quantitative estimate of drug-likeness (QED) is 0.623. The maximum Gasteiger partial charge on any atom is 0.268 e. The van der Waals surface area contributed by atoms with E-state index < -0.39 is 0 Å². The minimum atomic E-state index is -0.367. The van der Waals surface area contributed by atoms with Crippen LogP contribution in [0.15, 0.2) is 42.6 Å². The number of carbonyl (C=O) groups is 2. The summed E-state index contributed by atoms with van der Waals surface area (Å²) >= 11 is 12.5. The van der Waals surface area contributed by atoms with Crippen molar-refractivity contribution in [2.45, 2.75) is 6.42 Å². The van der Waals surface area contributed by atoms with E-state index in [1.54, 1.807) is 24.3 Å². The van der Waals surface area contributed by atoms with Gasteiger partial charge in [0, 0.05) is 24.0 Å². The van der Waals surface area contributed by atoms with Crippen LogP contribution in [-0.2, 0) is 6.42 Å². The predicted octanol–water partition coefficient (Wildman–Crippen LogP) is 3.81. The molecule has 2 aliphatic rings. The molecule has 31 heavy (non-hydrogen) atoms. The number of para-hydroxylation sites is 1. The average Bonchev–Trinajstić information content (AvgIpc) is 2.76. The molecule has 2 aromatic carbocycles. The van der Waals surface area contributed by atoms with Crippen LogP contribution in [0, 0.1) is 0 Å². The number of rotatable bonds is 3. The zero-order valence-corrected chi connectivity index (χ0v) is 17.5. The summed E-state index contributed by atoms with van der Waals surface area (Å²) in [7, 11) is 0. The first kappa shape index (κ1) is 19.6. The van der Waals surface area contributed by atoms with Gasteiger partial charge in [-0.05, 0) is 36.2 Å². The van der Waals surface area contributed by atoms with Crippen LogP contribution in [0.25, 0.3) is 0 Å². The molecule has 0 fully saturated rings. The summed E-state index contributed by atoms with van der Waals surface area (Å²) in [5.74, 6) is -0.0821. The standard InChI is InChI=1S/C21H15Cl2N5O3/c22-15-2-1-3-16(23)17(15)28-10-31-19-14(20(28)30)9-25-21(27-19)26-12-5-4-11-6-7-24-18(29)13(11)8-12/h1-5,8-9H,6-7,10H2,(H,24,29)(H,25,26,27). The largest absolute Gasteiger partial charge is 0.455 e. The summed E-state index contributed by atoms with van der Waals surface area (Å²) in [6.45, 7) is 0.541. The van der Waals surface area contributed by atoms with Crippen LogP contribution in [-0.4, -0.2) is 35.1 Å². The Morgan fingerprint density at radius 3 is 2.71 bits per heavy atom. The highest BCUT2D eigenvalue weighted by Crippen LogP contribution is 2.37. The zero-order valence-electron chi connectivity index (χ0n) is 16.0. The van der Waals surface area contributed by atoms with Gasteiger partial charge in [0.05, 0.1) is 15.7 Å². The van der Waals surface area contributed by atoms with E-state index in [1.807, 2.05) is 12.1 Å². The SMILES string of the molecule is O=C1NCCc2ccc(Nc3ncc4c(n3)OCN(c3c(Cl)cccc3Cl)C4=O)cc21. The Bertz CT molecular complexity index is 1210. The summed E-state index contributed by atoms with van der Waals surface area (Å²) in [5, 5.41) is 6.55. The van der Waals surface area contributed by atoms with Crippen molar-refractivity contribution in [2.75, 3.05) is 23.5 Å². The molecule has 3 heterocycles. The summed E-state index contributed by atoms with van der Waals surface area (Å²) in [6.07, 6.45) is 2.17. The summed E-state index contributed by atoms with van der Waals surface area (Å²) < 4.78 is 5.69. The first-order chi connectivity index (χ1) is 15.0. The van der Waals surface area contributed by atoms with E-state index >= 15 is 0 Å². The van der Waals surface area contributed by atoms with Gasteiger partial charge in [-0.25, -0.2) is 4.98 Å². The Morgan fingerprint density at radius 1 is 1.10 bits per heavy atom. The minimum Gasteiger partial charge on any atom is -0.455 e. The summed E-state index contributed by atoms with van der Waals surface area (Å²) in [6, 6.07) is 10.5. The van der Waals surface area contributed by atoms with Gasteiger partial charge >= 0.3 is 0 Å². The second-order valence-corrected chi connectivity index (χ2v) is 7.81. The number of carbonyl (C=O) groups excluding carboxylic acids is 2. The third-order valence-electron chi connectivity index (χ3n) is 5.06. The molecule has 2 amide bonds. The number of nitrogens with one attached hydrogen (secondary N) is 2. The number of halogens is 2. The molecule has 0 aliphatic carbocycles. The van der Waals surface area contributed by atoms with E-state index in [9.17, 15) is 9.59 Å². The molecule has 0 spiro atoms. The molecule has 0 bridgehead atoms. The molecular formula is C21H15Cl2N5O3. The molecule has 2 aliphatic heterocycles. The van der Waals surface area contributed by atoms with Crippen molar-refractivity contribution in [2.24, 2.45) is 0 Å². The molecule has 156 valence electrons. The van der Waals surface area contributed by atoms with Crippen LogP contribution in [0.1, 0.15) is 26.3 Å². The van der Waals surface area contributed by atoms with Gasteiger partial charge in [0.15, 0.2) is 6.73 Å². The Labute approximate surface area is 187 Å². The number of anilines is 3. The second kappa shape index (κ2) is 7.72. The smallest absolute Gasteiger partial charge is 0.268 e. The Hall–Kier alpha value is -3.36. The number of hydrogen-bond acceptors (Lipinski definition) is 6. The van der Waals surface area contributed by atoms with E-state index in [2.05, 4.69) is 20.6 Å². The van der Waals surface area contributed by atoms with Gasteiger partial charge < -0.3 is 15.4 Å². The normalized spacial score (nSPS) is 15.0. The van der Waals surface area contributed by atoms with Gasteiger partial charge in [-0.15, -0.1) is 0 Å². The van der Waals surface area contributed by atoms with Crippen molar-refractivity contribution < 1.29 is 14.3 Å². The van der Waals surface area contributed by atoms with Crippen LogP contribution >= 0.6 is 23.2 Å². The Morgan fingerprint density at radius 2 is 1.90 bits per heavy atom. The van der Waals surface area contributed by atoms with Gasteiger partial charge in [0.2, 0.25) is 11.8 Å². The lowest BCUT2D eigenvalue weighted by Gasteiger charge is -2.29. The zero-order chi connectivity index (χ0) is 21.5. The van der Waals surface area contributed by atoms with E-state index in [0.29, 0.717) is 33.5 Å². The number of benzene rings is 2. The molecule has 0 saturated carbocycles. The highest BCUT2D eigenvalue weighted by molar-refractivity contribution is 6.40. The highest BCUT2D eigenvalue weighted by atomic mass is 35.5. The van der Waals surface area contributed by atoms with Crippen LogP contribution in [0.3, 0.4) is 0 Å². The van der Waals surface area contributed by atoms with Crippen molar-refractivity contribution in [3.05, 3.63) is 69.3 Å². The van der Waals surface area contributed by atoms with Crippen molar-refractivity contribution in [1.29, 1.82) is 0 Å². The summed E-state index contributed by atoms with van der Waals surface area (Å²) in [4.78, 5) is 34.9. The van der Waals surface area contributed by atoms with Crippen LogP contribution < -0.4 is 20.3 Å². The number of aromatic nitrogens is 2. The molecule has 1 aromatic heterocycles. The first-order valence-corrected chi connectivity index (χ1v) is 10.2. The minimum absolute atomic E-state index is 0.0925. The van der Waals surface area contributed by atoms with Crippen molar-refractivity contribution >= 4 is 52.3 Å². The van der Waals surface area contributed by atoms with Gasteiger partial charge in [-0.3, -0.25) is 14.5 Å². The molecule has 2 N–H and O–H groups in total. The van der Waals surface area contributed by atoms with Crippen molar-refractivity contribution in [3.63, 3.8) is 0 Å². The molecule has 5 rings (SSSR count). The average molecular weight is 456 g/mol. The van der Waals surface area contributed by atoms with E-state index in [0.717, 1.165) is 12.0 Å². The topological polar surface area (TPSA) is 96.4 Å². The van der Waals surface area contributed by atoms with Gasteiger partial charge in [0.1, 0.15) is 5.56 Å². The highest BCUT2D eigenvalue weighted by Gasteiger charge is 2.31. The first-order valence-electron chi connectivity index (χ1n) is 9.45. The van der Waals surface area contributed by atoms with Crippen molar-refractivity contribution in [3.8, 4) is 5.88 Å². The second-order valence-electron chi connectivity index (χ2n) is 6.99. The lowest BCUT2D eigenvalue weighted by molar-refractivity contribution is 0.0928. The molecule has 0 saturated heterocycles. The Kier molecular flexibility index (Phi) is 4.88. The molecular weight excluding hydrogens is 441 g/mol. The molecule has 0 radical (unpaired) electrons. The number of nitrogens with zero attached hydrogens (tertiary/aromatic N) is 3. The molecule has 3 aromatic rings. The fraction of sp³-hybridized carbons (Fsp3) is 0.143. The maximum atomic E-state index is 13.0. The van der Waals surface area contributed by atoms with Crippen LogP contribution in [0.5, 0.6) is 5.88 Å². The fourth-order valence-electron chi connectivity index (χ4n) is 3.54. The van der Waals surface area contributed by atoms with Gasteiger partial charge in [-0.2, -0.15) is 4.98 Å². The molecule has 0 unspecified atom stereocenters.